The summed E-state index contributed by atoms with van der Waals surface area (Å²) in [5.74, 6) is -0.267. The molecule has 4 aromatic carbocycles. The molecule has 0 bridgehead atoms. The predicted octanol–water partition coefficient (Wildman–Crippen LogP) is 3.08. The molecule has 4 aromatic rings. The maximum absolute atomic E-state index is 12.9. The number of carbonyl (C=O) groups excluding carboxylic acids is 2. The van der Waals surface area contributed by atoms with Gasteiger partial charge in [-0.2, -0.15) is 0 Å². The van der Waals surface area contributed by atoms with Gasteiger partial charge in [0.2, 0.25) is 0 Å². The lowest BCUT2D eigenvalue weighted by molar-refractivity contribution is -0.129. The lowest BCUT2D eigenvalue weighted by atomic mass is 9.95. The minimum absolute atomic E-state index is 0.312. The summed E-state index contributed by atoms with van der Waals surface area (Å²) in [6.45, 7) is 0. The minimum atomic E-state index is -0.445. The van der Waals surface area contributed by atoms with E-state index < -0.39 is 11.9 Å². The zero-order valence-corrected chi connectivity index (χ0v) is 15.7. The molecule has 0 fully saturated rings. The van der Waals surface area contributed by atoms with Gasteiger partial charge in [0, 0.05) is 10.4 Å². The van der Waals surface area contributed by atoms with Gasteiger partial charge in [0.25, 0.3) is 0 Å². The Kier molecular flexibility index (Phi) is 3.44. The van der Waals surface area contributed by atoms with E-state index in [2.05, 4.69) is 0 Å². The highest BCUT2D eigenvalue weighted by Gasteiger charge is 2.35. The molecule has 0 saturated heterocycles. The Hall–Kier alpha value is -4.18. The second-order valence-corrected chi connectivity index (χ2v) is 7.21. The van der Waals surface area contributed by atoms with Crippen molar-refractivity contribution in [3.05, 3.63) is 106 Å². The second kappa shape index (κ2) is 6.16. The summed E-state index contributed by atoms with van der Waals surface area (Å²) in [7, 11) is 0. The first-order chi connectivity index (χ1) is 14.7. The fourth-order valence-electron chi connectivity index (χ4n) is 4.31. The van der Waals surface area contributed by atoms with Crippen LogP contribution in [0.2, 0.25) is 0 Å². The highest BCUT2D eigenvalue weighted by atomic mass is 16.6. The molecule has 0 aromatic heterocycles. The number of hydrogen-bond donors (Lipinski definition) is 0. The number of esters is 2. The fourth-order valence-corrected chi connectivity index (χ4v) is 4.31. The summed E-state index contributed by atoms with van der Waals surface area (Å²) >= 11 is 0. The molecule has 0 N–H and O–H groups in total. The lowest BCUT2D eigenvalue weighted by Crippen LogP contribution is -2.14. The summed E-state index contributed by atoms with van der Waals surface area (Å²) in [4.78, 5) is 25.8. The van der Waals surface area contributed by atoms with Gasteiger partial charge in [-0.1, -0.05) is 84.9 Å². The summed E-state index contributed by atoms with van der Waals surface area (Å²) < 4.78 is 11.4. The summed E-state index contributed by atoms with van der Waals surface area (Å²) in [5, 5.41) is 3.04. The van der Waals surface area contributed by atoms with Crippen LogP contribution in [0.25, 0.3) is 21.9 Å². The van der Waals surface area contributed by atoms with E-state index in [1.54, 1.807) is 0 Å². The van der Waals surface area contributed by atoms with Crippen molar-refractivity contribution in [2.75, 3.05) is 0 Å². The highest BCUT2D eigenvalue weighted by molar-refractivity contribution is 6.25. The maximum atomic E-state index is 12.9. The van der Waals surface area contributed by atoms with E-state index in [-0.39, 0.29) is 0 Å². The molecule has 0 unspecified atom stereocenters. The lowest BCUT2D eigenvalue weighted by Gasteiger charge is -2.05. The molecule has 6 rings (SSSR count). The molecular weight excluding hydrogens is 376 g/mol. The van der Waals surface area contributed by atoms with E-state index in [4.69, 9.17) is 9.47 Å². The van der Waals surface area contributed by atoms with E-state index in [1.165, 1.54) is 0 Å². The predicted molar refractivity (Wildman–Crippen MR) is 112 cm³/mol. The molecule has 0 radical (unpaired) electrons. The molecule has 30 heavy (non-hydrogen) atoms. The van der Waals surface area contributed by atoms with Crippen LogP contribution < -0.4 is 19.9 Å². The molecule has 4 nitrogen and oxygen atoms in total. The molecular formula is C26H14O4. The molecule has 4 heteroatoms. The third-order valence-corrected chi connectivity index (χ3v) is 5.55. The summed E-state index contributed by atoms with van der Waals surface area (Å²) in [6, 6.07) is 26.6. The van der Waals surface area contributed by atoms with Crippen LogP contribution in [0.5, 0.6) is 11.5 Å². The Labute approximate surface area is 171 Å². The fraction of sp³-hybridized carbons (Fsp3) is 0. The third kappa shape index (κ3) is 2.22. The Morgan fingerprint density at radius 1 is 0.467 bits per heavy atom. The smallest absolute Gasteiger partial charge is 0.345 e. The SMILES string of the molecule is O=C1Oc2c3c(c4ccccc4c2=C1c1ccccc1)=C(c1ccccc1)C(=O)O3. The van der Waals surface area contributed by atoms with Crippen molar-refractivity contribution >= 4 is 33.9 Å². The highest BCUT2D eigenvalue weighted by Crippen LogP contribution is 2.35. The van der Waals surface area contributed by atoms with Gasteiger partial charge in [0.05, 0.1) is 11.1 Å². The third-order valence-electron chi connectivity index (χ3n) is 5.55. The molecule has 0 aliphatic carbocycles. The first kappa shape index (κ1) is 16.7. The molecule has 0 atom stereocenters. The number of hydrogen-bond acceptors (Lipinski definition) is 4. The molecule has 0 amide bonds. The topological polar surface area (TPSA) is 52.6 Å². The number of carbonyl (C=O) groups is 2. The van der Waals surface area contributed by atoms with Crippen molar-refractivity contribution in [1.82, 2.24) is 0 Å². The summed E-state index contributed by atoms with van der Waals surface area (Å²) in [6.07, 6.45) is 0. The van der Waals surface area contributed by atoms with Gasteiger partial charge in [0.1, 0.15) is 0 Å². The Morgan fingerprint density at radius 3 is 1.23 bits per heavy atom. The van der Waals surface area contributed by atoms with Crippen molar-refractivity contribution < 1.29 is 19.1 Å². The van der Waals surface area contributed by atoms with Gasteiger partial charge >= 0.3 is 11.9 Å². The van der Waals surface area contributed by atoms with E-state index in [0.29, 0.717) is 33.1 Å². The van der Waals surface area contributed by atoms with Crippen LogP contribution in [0.1, 0.15) is 11.1 Å². The van der Waals surface area contributed by atoms with Crippen molar-refractivity contribution in [2.24, 2.45) is 0 Å². The van der Waals surface area contributed by atoms with Crippen LogP contribution >= 0.6 is 0 Å². The van der Waals surface area contributed by atoms with Crippen molar-refractivity contribution in [3.63, 3.8) is 0 Å². The quantitative estimate of drug-likeness (QED) is 0.390. The average molecular weight is 390 g/mol. The van der Waals surface area contributed by atoms with E-state index in [9.17, 15) is 9.59 Å². The van der Waals surface area contributed by atoms with Crippen LogP contribution in [0.15, 0.2) is 84.9 Å². The van der Waals surface area contributed by atoms with Crippen LogP contribution in [0, 0.1) is 0 Å². The second-order valence-electron chi connectivity index (χ2n) is 7.21. The molecule has 142 valence electrons. The van der Waals surface area contributed by atoms with Gasteiger partial charge in [-0.3, -0.25) is 0 Å². The number of benzene rings is 4. The molecule has 0 spiro atoms. The molecule has 0 saturated carbocycles. The zero-order chi connectivity index (χ0) is 20.2. The van der Waals surface area contributed by atoms with Crippen molar-refractivity contribution in [3.8, 4) is 11.5 Å². The first-order valence-electron chi connectivity index (χ1n) is 9.62. The number of rotatable bonds is 2. The Balaban J connectivity index is 1.85. The van der Waals surface area contributed by atoms with Crippen LogP contribution in [0.4, 0.5) is 0 Å². The first-order valence-corrected chi connectivity index (χ1v) is 9.62. The van der Waals surface area contributed by atoms with Crippen molar-refractivity contribution in [1.29, 1.82) is 0 Å². The van der Waals surface area contributed by atoms with Crippen LogP contribution in [0.3, 0.4) is 0 Å². The number of fused-ring (bicyclic) bond motifs is 6. The van der Waals surface area contributed by atoms with E-state index >= 15 is 0 Å². The normalized spacial score (nSPS) is 14.5. The van der Waals surface area contributed by atoms with Gasteiger partial charge in [-0.05, 0) is 21.9 Å². The zero-order valence-electron chi connectivity index (χ0n) is 15.7. The number of ether oxygens (including phenoxy) is 2. The standard InChI is InChI=1S/C26H14O4/c27-25-19(15-9-3-1-4-10-15)21-17-13-7-8-14-18(17)22-20(16-11-5-2-6-12-16)26(28)30-24(22)23(21)29-25/h1-14H. The van der Waals surface area contributed by atoms with Crippen LogP contribution in [-0.2, 0) is 9.59 Å². The largest absolute Gasteiger partial charge is 0.418 e. The monoisotopic (exact) mass is 390 g/mol. The van der Waals surface area contributed by atoms with E-state index in [1.807, 2.05) is 84.9 Å². The Morgan fingerprint density at radius 2 is 0.833 bits per heavy atom. The van der Waals surface area contributed by atoms with Crippen molar-refractivity contribution in [2.45, 2.75) is 0 Å². The minimum Gasteiger partial charge on any atom is -0.418 e. The maximum Gasteiger partial charge on any atom is 0.345 e. The molecule has 2 heterocycles. The molecule has 2 aliphatic heterocycles. The van der Waals surface area contributed by atoms with Crippen LogP contribution in [-0.4, -0.2) is 11.9 Å². The van der Waals surface area contributed by atoms with E-state index in [0.717, 1.165) is 21.9 Å². The van der Waals surface area contributed by atoms with Gasteiger partial charge < -0.3 is 9.47 Å². The van der Waals surface area contributed by atoms with Gasteiger partial charge in [0.15, 0.2) is 11.5 Å². The Bertz CT molecular complexity index is 1380. The molecule has 2 aliphatic rings. The summed E-state index contributed by atoms with van der Waals surface area (Å²) in [5.41, 5.74) is 2.49. The van der Waals surface area contributed by atoms with Gasteiger partial charge in [-0.15, -0.1) is 0 Å². The van der Waals surface area contributed by atoms with Gasteiger partial charge in [-0.25, -0.2) is 9.59 Å². The average Bonchev–Trinajstić information content (AvgIpc) is 3.32.